The summed E-state index contributed by atoms with van der Waals surface area (Å²) in [6, 6.07) is 7.97. The molecule has 1 amide bonds. The topological polar surface area (TPSA) is 38.3 Å². The van der Waals surface area contributed by atoms with Crippen molar-refractivity contribution in [1.29, 1.82) is 0 Å². The van der Waals surface area contributed by atoms with E-state index >= 15 is 0 Å². The molecule has 0 aromatic heterocycles. The number of carbonyl (C=O) groups excluding carboxylic acids is 1. The number of nitrogens with one attached hydrogen (secondary N) is 1. The van der Waals surface area contributed by atoms with E-state index in [1.165, 1.54) is 13.0 Å². The van der Waals surface area contributed by atoms with Gasteiger partial charge in [-0.25, -0.2) is 0 Å². The second kappa shape index (κ2) is 7.13. The van der Waals surface area contributed by atoms with E-state index in [4.69, 9.17) is 16.3 Å². The zero-order chi connectivity index (χ0) is 17.9. The van der Waals surface area contributed by atoms with Crippen LogP contribution in [-0.4, -0.2) is 5.91 Å². The van der Waals surface area contributed by atoms with Gasteiger partial charge >= 0.3 is 6.18 Å². The summed E-state index contributed by atoms with van der Waals surface area (Å²) in [5.41, 5.74) is 0.469. The van der Waals surface area contributed by atoms with Crippen LogP contribution in [0.2, 0.25) is 5.02 Å². The molecule has 0 aliphatic carbocycles. The van der Waals surface area contributed by atoms with Gasteiger partial charge < -0.3 is 10.1 Å². The summed E-state index contributed by atoms with van der Waals surface area (Å²) in [7, 11) is 0. The number of halogens is 4. The molecule has 0 atom stereocenters. The summed E-state index contributed by atoms with van der Waals surface area (Å²) >= 11 is 5.91. The van der Waals surface area contributed by atoms with Crippen LogP contribution < -0.4 is 10.1 Å². The van der Waals surface area contributed by atoms with Crippen molar-refractivity contribution < 1.29 is 22.7 Å². The summed E-state index contributed by atoms with van der Waals surface area (Å²) in [5, 5.41) is 2.55. The fourth-order valence-electron chi connectivity index (χ4n) is 2.21. The normalized spacial score (nSPS) is 11.2. The van der Waals surface area contributed by atoms with Crippen molar-refractivity contribution >= 4 is 23.2 Å². The lowest BCUT2D eigenvalue weighted by Crippen LogP contribution is -2.08. The summed E-state index contributed by atoms with van der Waals surface area (Å²) in [6.07, 6.45) is -3.91. The van der Waals surface area contributed by atoms with E-state index in [1.807, 2.05) is 6.92 Å². The number of rotatable bonds is 4. The van der Waals surface area contributed by atoms with Crippen molar-refractivity contribution in [2.24, 2.45) is 0 Å². The minimum atomic E-state index is -4.47. The van der Waals surface area contributed by atoms with Crippen LogP contribution in [0.1, 0.15) is 25.0 Å². The Bertz CT molecular complexity index is 760. The minimum absolute atomic E-state index is 0.111. The first kappa shape index (κ1) is 18.1. The average molecular weight is 358 g/mol. The molecule has 0 radical (unpaired) electrons. The van der Waals surface area contributed by atoms with Crippen LogP contribution >= 0.6 is 11.6 Å². The Morgan fingerprint density at radius 3 is 2.46 bits per heavy atom. The maximum atomic E-state index is 12.7. The number of anilines is 1. The number of ether oxygens (including phenoxy) is 1. The SMILES string of the molecule is CCc1c(NC(C)=O)cccc1Oc1ccc(C(F)(F)F)cc1Cl. The summed E-state index contributed by atoms with van der Waals surface area (Å²) in [6.45, 7) is 3.27. The van der Waals surface area contributed by atoms with E-state index in [2.05, 4.69) is 5.32 Å². The lowest BCUT2D eigenvalue weighted by molar-refractivity contribution is -0.137. The minimum Gasteiger partial charge on any atom is -0.455 e. The van der Waals surface area contributed by atoms with Gasteiger partial charge in [0.2, 0.25) is 5.91 Å². The molecule has 0 unspecified atom stereocenters. The zero-order valence-electron chi connectivity index (χ0n) is 13.0. The van der Waals surface area contributed by atoms with Crippen molar-refractivity contribution in [2.45, 2.75) is 26.4 Å². The van der Waals surface area contributed by atoms with Gasteiger partial charge in [-0.15, -0.1) is 0 Å². The van der Waals surface area contributed by atoms with E-state index in [1.54, 1.807) is 18.2 Å². The highest BCUT2D eigenvalue weighted by molar-refractivity contribution is 6.32. The molecule has 7 heteroatoms. The van der Waals surface area contributed by atoms with Crippen molar-refractivity contribution in [3.05, 3.63) is 52.5 Å². The highest BCUT2D eigenvalue weighted by atomic mass is 35.5. The van der Waals surface area contributed by atoms with Crippen LogP contribution in [0.15, 0.2) is 36.4 Å². The second-order valence-corrected chi connectivity index (χ2v) is 5.47. The van der Waals surface area contributed by atoms with E-state index in [0.717, 1.165) is 17.7 Å². The van der Waals surface area contributed by atoms with E-state index in [0.29, 0.717) is 17.9 Å². The van der Waals surface area contributed by atoms with Gasteiger partial charge in [-0.2, -0.15) is 13.2 Å². The Hall–Kier alpha value is -2.21. The Morgan fingerprint density at radius 1 is 1.21 bits per heavy atom. The molecule has 2 rings (SSSR count). The second-order valence-electron chi connectivity index (χ2n) is 5.06. The lowest BCUT2D eigenvalue weighted by atomic mass is 10.1. The van der Waals surface area contributed by atoms with Crippen molar-refractivity contribution in [1.82, 2.24) is 0 Å². The molecule has 0 heterocycles. The monoisotopic (exact) mass is 357 g/mol. The zero-order valence-corrected chi connectivity index (χ0v) is 13.8. The molecule has 2 aromatic carbocycles. The number of alkyl halides is 3. The molecule has 24 heavy (non-hydrogen) atoms. The van der Waals surface area contributed by atoms with E-state index < -0.39 is 11.7 Å². The van der Waals surface area contributed by atoms with Crippen LogP contribution in [0.5, 0.6) is 11.5 Å². The molecule has 1 N–H and O–H groups in total. The third kappa shape index (κ3) is 4.20. The van der Waals surface area contributed by atoms with Crippen LogP contribution in [0.4, 0.5) is 18.9 Å². The molecular formula is C17H15ClF3NO2. The average Bonchev–Trinajstić information content (AvgIpc) is 2.48. The van der Waals surface area contributed by atoms with Crippen molar-refractivity contribution in [3.8, 4) is 11.5 Å². The predicted octanol–water partition coefficient (Wildman–Crippen LogP) is 5.67. The van der Waals surface area contributed by atoms with Gasteiger partial charge in [-0.1, -0.05) is 24.6 Å². The number of hydrogen-bond acceptors (Lipinski definition) is 2. The molecule has 0 saturated heterocycles. The number of benzene rings is 2. The van der Waals surface area contributed by atoms with Crippen LogP contribution in [-0.2, 0) is 17.4 Å². The summed E-state index contributed by atoms with van der Waals surface area (Å²) in [5.74, 6) is 0.305. The lowest BCUT2D eigenvalue weighted by Gasteiger charge is -2.16. The first-order valence-electron chi connectivity index (χ1n) is 7.16. The van der Waals surface area contributed by atoms with Gasteiger partial charge in [-0.3, -0.25) is 4.79 Å². The fraction of sp³-hybridized carbons (Fsp3) is 0.235. The molecule has 0 bridgehead atoms. The standard InChI is InChI=1S/C17H15ClF3NO2/c1-3-12-14(22-10(2)23)5-4-6-15(12)24-16-8-7-11(9-13(16)18)17(19,20)21/h4-9H,3H2,1-2H3,(H,22,23). The molecule has 0 spiro atoms. The maximum absolute atomic E-state index is 12.7. The molecule has 3 nitrogen and oxygen atoms in total. The molecule has 0 fully saturated rings. The Balaban J connectivity index is 2.36. The van der Waals surface area contributed by atoms with E-state index in [-0.39, 0.29) is 16.7 Å². The Morgan fingerprint density at radius 2 is 1.92 bits per heavy atom. The molecule has 128 valence electrons. The fourth-order valence-corrected chi connectivity index (χ4v) is 2.43. The third-order valence-corrected chi connectivity index (χ3v) is 3.57. The van der Waals surface area contributed by atoms with Crippen LogP contribution in [0, 0.1) is 0 Å². The van der Waals surface area contributed by atoms with Gasteiger partial charge in [0.05, 0.1) is 10.6 Å². The van der Waals surface area contributed by atoms with Gasteiger partial charge in [-0.05, 0) is 36.8 Å². The third-order valence-electron chi connectivity index (χ3n) is 3.28. The molecule has 0 saturated carbocycles. The maximum Gasteiger partial charge on any atom is 0.416 e. The predicted molar refractivity (Wildman–Crippen MR) is 86.7 cm³/mol. The van der Waals surface area contributed by atoms with Gasteiger partial charge in [0, 0.05) is 18.2 Å². The molecule has 0 aliphatic heterocycles. The molecule has 2 aromatic rings. The number of carbonyl (C=O) groups is 1. The Kier molecular flexibility index (Phi) is 5.39. The quantitative estimate of drug-likeness (QED) is 0.765. The highest BCUT2D eigenvalue weighted by Gasteiger charge is 2.31. The van der Waals surface area contributed by atoms with Crippen LogP contribution in [0.3, 0.4) is 0 Å². The van der Waals surface area contributed by atoms with Crippen molar-refractivity contribution in [3.63, 3.8) is 0 Å². The highest BCUT2D eigenvalue weighted by Crippen LogP contribution is 2.38. The van der Waals surface area contributed by atoms with Crippen LogP contribution in [0.25, 0.3) is 0 Å². The smallest absolute Gasteiger partial charge is 0.416 e. The Labute approximate surface area is 142 Å². The largest absolute Gasteiger partial charge is 0.455 e. The number of hydrogen-bond donors (Lipinski definition) is 1. The summed E-state index contributed by atoms with van der Waals surface area (Å²) in [4.78, 5) is 11.3. The number of amides is 1. The first-order chi connectivity index (χ1) is 11.2. The summed E-state index contributed by atoms with van der Waals surface area (Å²) < 4.78 is 43.7. The van der Waals surface area contributed by atoms with Gasteiger partial charge in [0.15, 0.2) is 0 Å². The molecular weight excluding hydrogens is 343 g/mol. The first-order valence-corrected chi connectivity index (χ1v) is 7.54. The molecule has 0 aliphatic rings. The van der Waals surface area contributed by atoms with Gasteiger partial charge in [0.1, 0.15) is 11.5 Å². The van der Waals surface area contributed by atoms with Gasteiger partial charge in [0.25, 0.3) is 0 Å². The van der Waals surface area contributed by atoms with Crippen molar-refractivity contribution in [2.75, 3.05) is 5.32 Å². The van der Waals surface area contributed by atoms with E-state index in [9.17, 15) is 18.0 Å².